The number of rotatable bonds is 9. The number of hydrogen-bond acceptors (Lipinski definition) is 5. The lowest BCUT2D eigenvalue weighted by molar-refractivity contribution is -0.123. The Morgan fingerprint density at radius 1 is 1.17 bits per heavy atom. The van der Waals surface area contributed by atoms with E-state index in [-0.39, 0.29) is 12.5 Å². The van der Waals surface area contributed by atoms with Crippen LogP contribution < -0.4 is 20.1 Å². The zero-order chi connectivity index (χ0) is 16.3. The lowest BCUT2D eigenvalue weighted by Crippen LogP contribution is -2.46. The van der Waals surface area contributed by atoms with Gasteiger partial charge in [0.15, 0.2) is 6.61 Å². The molecule has 0 atom stereocenters. The molecule has 6 nitrogen and oxygen atoms in total. The third-order valence-electron chi connectivity index (χ3n) is 3.63. The van der Waals surface area contributed by atoms with Crippen molar-refractivity contribution in [2.75, 3.05) is 52.5 Å². The van der Waals surface area contributed by atoms with Gasteiger partial charge in [0.05, 0.1) is 6.61 Å². The van der Waals surface area contributed by atoms with Crippen LogP contribution in [0.4, 0.5) is 0 Å². The minimum absolute atomic E-state index is 0.0384. The van der Waals surface area contributed by atoms with E-state index in [4.69, 9.17) is 9.47 Å². The summed E-state index contributed by atoms with van der Waals surface area (Å²) < 4.78 is 11.0. The molecule has 128 valence electrons. The zero-order valence-electron chi connectivity index (χ0n) is 13.8. The van der Waals surface area contributed by atoms with Crippen LogP contribution in [-0.4, -0.2) is 63.3 Å². The van der Waals surface area contributed by atoms with Gasteiger partial charge in [0, 0.05) is 39.3 Å². The van der Waals surface area contributed by atoms with E-state index >= 15 is 0 Å². The number of nitrogens with zero attached hydrogens (tertiary/aromatic N) is 1. The number of amides is 1. The molecule has 0 aliphatic carbocycles. The number of nitrogens with one attached hydrogen (secondary N) is 2. The third-order valence-corrected chi connectivity index (χ3v) is 3.63. The molecule has 0 unspecified atom stereocenters. The van der Waals surface area contributed by atoms with E-state index in [1.54, 1.807) is 0 Å². The van der Waals surface area contributed by atoms with Gasteiger partial charge in [-0.3, -0.25) is 9.69 Å². The average Bonchev–Trinajstić information content (AvgIpc) is 2.60. The molecule has 0 radical (unpaired) electrons. The van der Waals surface area contributed by atoms with Crippen molar-refractivity contribution < 1.29 is 14.3 Å². The van der Waals surface area contributed by atoms with Crippen LogP contribution in [-0.2, 0) is 4.79 Å². The summed E-state index contributed by atoms with van der Waals surface area (Å²) in [6.07, 6.45) is 0.979. The molecule has 1 aromatic carbocycles. The normalized spacial score (nSPS) is 15.2. The van der Waals surface area contributed by atoms with Crippen molar-refractivity contribution in [3.8, 4) is 11.5 Å². The first-order valence-electron chi connectivity index (χ1n) is 8.33. The topological polar surface area (TPSA) is 62.8 Å². The SMILES string of the molecule is CCCOc1ccc(OCC(=O)NCCN2CCNCC2)cc1. The molecule has 0 saturated carbocycles. The first kappa shape index (κ1) is 17.6. The smallest absolute Gasteiger partial charge is 0.257 e. The first-order valence-corrected chi connectivity index (χ1v) is 8.33. The molecule has 0 bridgehead atoms. The van der Waals surface area contributed by atoms with Crippen molar-refractivity contribution in [2.24, 2.45) is 0 Å². The average molecular weight is 321 g/mol. The summed E-state index contributed by atoms with van der Waals surface area (Å²) in [5, 5.41) is 6.20. The van der Waals surface area contributed by atoms with Gasteiger partial charge >= 0.3 is 0 Å². The number of carbonyl (C=O) groups is 1. The van der Waals surface area contributed by atoms with Gasteiger partial charge in [-0.1, -0.05) is 6.92 Å². The Labute approximate surface area is 138 Å². The molecule has 0 aromatic heterocycles. The number of piperazine rings is 1. The van der Waals surface area contributed by atoms with E-state index in [0.717, 1.165) is 44.9 Å². The van der Waals surface area contributed by atoms with Crippen LogP contribution in [0.25, 0.3) is 0 Å². The first-order chi connectivity index (χ1) is 11.3. The predicted octanol–water partition coefficient (Wildman–Crippen LogP) is 0.876. The van der Waals surface area contributed by atoms with Crippen LogP contribution in [0.1, 0.15) is 13.3 Å². The second-order valence-corrected chi connectivity index (χ2v) is 5.55. The van der Waals surface area contributed by atoms with Gasteiger partial charge in [-0.2, -0.15) is 0 Å². The minimum Gasteiger partial charge on any atom is -0.494 e. The number of carbonyl (C=O) groups excluding carboxylic acids is 1. The van der Waals surface area contributed by atoms with E-state index < -0.39 is 0 Å². The van der Waals surface area contributed by atoms with Crippen molar-refractivity contribution in [3.63, 3.8) is 0 Å². The molecule has 2 N–H and O–H groups in total. The molecular formula is C17H27N3O3. The number of ether oxygens (including phenoxy) is 2. The molecule has 1 amide bonds. The van der Waals surface area contributed by atoms with E-state index in [2.05, 4.69) is 22.5 Å². The Morgan fingerprint density at radius 2 is 1.83 bits per heavy atom. The maximum absolute atomic E-state index is 11.8. The van der Waals surface area contributed by atoms with Gasteiger partial charge in [0.1, 0.15) is 11.5 Å². The fourth-order valence-corrected chi connectivity index (χ4v) is 2.34. The lowest BCUT2D eigenvalue weighted by Gasteiger charge is -2.27. The summed E-state index contributed by atoms with van der Waals surface area (Å²) in [4.78, 5) is 14.1. The highest BCUT2D eigenvalue weighted by atomic mass is 16.5. The number of benzene rings is 1. The summed E-state index contributed by atoms with van der Waals surface area (Å²) in [6, 6.07) is 7.35. The molecule has 1 saturated heterocycles. The maximum Gasteiger partial charge on any atom is 0.257 e. The largest absolute Gasteiger partial charge is 0.494 e. The molecule has 0 spiro atoms. The molecule has 1 aromatic rings. The molecular weight excluding hydrogens is 294 g/mol. The lowest BCUT2D eigenvalue weighted by atomic mass is 10.3. The van der Waals surface area contributed by atoms with Gasteiger partial charge in [-0.15, -0.1) is 0 Å². The van der Waals surface area contributed by atoms with Crippen molar-refractivity contribution in [1.29, 1.82) is 0 Å². The molecule has 1 heterocycles. The summed E-state index contributed by atoms with van der Waals surface area (Å²) in [6.45, 7) is 8.48. The van der Waals surface area contributed by atoms with Crippen LogP contribution in [0, 0.1) is 0 Å². The van der Waals surface area contributed by atoms with Crippen LogP contribution in [0.15, 0.2) is 24.3 Å². The summed E-state index contributed by atoms with van der Waals surface area (Å²) in [5.74, 6) is 1.40. The van der Waals surface area contributed by atoms with Gasteiger partial charge in [-0.05, 0) is 30.7 Å². The molecule has 1 aliphatic rings. The Kier molecular flexibility index (Phi) is 7.69. The van der Waals surface area contributed by atoms with E-state index in [9.17, 15) is 4.79 Å². The van der Waals surface area contributed by atoms with E-state index in [0.29, 0.717) is 18.9 Å². The fraction of sp³-hybridized carbons (Fsp3) is 0.588. The molecule has 2 rings (SSSR count). The highest BCUT2D eigenvalue weighted by molar-refractivity contribution is 5.77. The summed E-state index contributed by atoms with van der Waals surface area (Å²) in [5.41, 5.74) is 0. The van der Waals surface area contributed by atoms with Gasteiger partial charge in [0.2, 0.25) is 0 Å². The van der Waals surface area contributed by atoms with Gasteiger partial charge in [-0.25, -0.2) is 0 Å². The highest BCUT2D eigenvalue weighted by Crippen LogP contribution is 2.17. The van der Waals surface area contributed by atoms with E-state index in [1.165, 1.54) is 0 Å². The molecule has 1 fully saturated rings. The van der Waals surface area contributed by atoms with Crippen LogP contribution >= 0.6 is 0 Å². The Morgan fingerprint density at radius 3 is 2.48 bits per heavy atom. The monoisotopic (exact) mass is 321 g/mol. The van der Waals surface area contributed by atoms with Gasteiger partial charge < -0.3 is 20.1 Å². The van der Waals surface area contributed by atoms with Crippen molar-refractivity contribution in [3.05, 3.63) is 24.3 Å². The molecule has 1 aliphatic heterocycles. The third kappa shape index (κ3) is 6.88. The molecule has 6 heteroatoms. The Bertz CT molecular complexity index is 459. The Balaban J connectivity index is 1.59. The van der Waals surface area contributed by atoms with Crippen LogP contribution in [0.2, 0.25) is 0 Å². The predicted molar refractivity (Wildman–Crippen MR) is 90.0 cm³/mol. The maximum atomic E-state index is 11.8. The van der Waals surface area contributed by atoms with Crippen molar-refractivity contribution in [2.45, 2.75) is 13.3 Å². The van der Waals surface area contributed by atoms with Crippen LogP contribution in [0.5, 0.6) is 11.5 Å². The Hall–Kier alpha value is -1.79. The zero-order valence-corrected chi connectivity index (χ0v) is 13.8. The summed E-state index contributed by atoms with van der Waals surface area (Å²) in [7, 11) is 0. The highest BCUT2D eigenvalue weighted by Gasteiger charge is 2.09. The van der Waals surface area contributed by atoms with Crippen molar-refractivity contribution >= 4 is 5.91 Å². The van der Waals surface area contributed by atoms with Crippen LogP contribution in [0.3, 0.4) is 0 Å². The fourth-order valence-electron chi connectivity index (χ4n) is 2.34. The standard InChI is InChI=1S/C17H27N3O3/c1-2-13-22-15-3-5-16(6-4-15)23-14-17(21)19-9-12-20-10-7-18-8-11-20/h3-6,18H,2,7-14H2,1H3,(H,19,21). The minimum atomic E-state index is -0.0913. The van der Waals surface area contributed by atoms with Gasteiger partial charge in [0.25, 0.3) is 5.91 Å². The second-order valence-electron chi connectivity index (χ2n) is 5.55. The van der Waals surface area contributed by atoms with E-state index in [1.807, 2.05) is 24.3 Å². The second kappa shape index (κ2) is 10.1. The molecule has 23 heavy (non-hydrogen) atoms. The summed E-state index contributed by atoms with van der Waals surface area (Å²) >= 11 is 0. The number of hydrogen-bond donors (Lipinski definition) is 2. The quantitative estimate of drug-likeness (QED) is 0.707. The van der Waals surface area contributed by atoms with Crippen molar-refractivity contribution in [1.82, 2.24) is 15.5 Å².